The zero-order chi connectivity index (χ0) is 15.6. The van der Waals surface area contributed by atoms with Gasteiger partial charge >= 0.3 is 0 Å². The van der Waals surface area contributed by atoms with Crippen LogP contribution in [0.15, 0.2) is 18.2 Å². The van der Waals surface area contributed by atoms with Crippen molar-refractivity contribution in [3.8, 4) is 0 Å². The molecular weight excluding hydrogens is 266 g/mol. The third kappa shape index (κ3) is 3.01. The highest BCUT2D eigenvalue weighted by molar-refractivity contribution is 6.02. The molecule has 0 aliphatic carbocycles. The Bertz CT molecular complexity index is 658. The predicted octanol–water partition coefficient (Wildman–Crippen LogP) is 2.46. The summed E-state index contributed by atoms with van der Waals surface area (Å²) in [4.78, 5) is 12.1. The van der Waals surface area contributed by atoms with Gasteiger partial charge in [-0.1, -0.05) is 25.0 Å². The standard InChI is InChI=1S/C17H23NO3/c1-4-5-14-15-8-11(2)6-7-16(15)18(9-13(21)10-19)17(14)12(3)20/h6-8,13,19,21H,4-5,9-10H2,1-3H3. The van der Waals surface area contributed by atoms with E-state index >= 15 is 0 Å². The lowest BCUT2D eigenvalue weighted by atomic mass is 10.0. The molecule has 0 bridgehead atoms. The minimum Gasteiger partial charge on any atom is -0.394 e. The Kier molecular flexibility index (Phi) is 4.80. The predicted molar refractivity (Wildman–Crippen MR) is 83.8 cm³/mol. The van der Waals surface area contributed by atoms with Crippen LogP contribution in [0.5, 0.6) is 0 Å². The summed E-state index contributed by atoms with van der Waals surface area (Å²) in [5.41, 5.74) is 3.80. The van der Waals surface area contributed by atoms with Crippen LogP contribution in [0.2, 0.25) is 0 Å². The smallest absolute Gasteiger partial charge is 0.176 e. The van der Waals surface area contributed by atoms with Gasteiger partial charge in [0.05, 0.1) is 24.9 Å². The quantitative estimate of drug-likeness (QED) is 0.803. The highest BCUT2D eigenvalue weighted by Gasteiger charge is 2.21. The number of ketones is 1. The molecule has 4 nitrogen and oxygen atoms in total. The minimum atomic E-state index is -0.866. The molecular formula is C17H23NO3. The second kappa shape index (κ2) is 6.41. The fourth-order valence-corrected chi connectivity index (χ4v) is 2.90. The number of hydrogen-bond acceptors (Lipinski definition) is 3. The summed E-state index contributed by atoms with van der Waals surface area (Å²) in [6.45, 7) is 5.59. The molecule has 0 aliphatic heterocycles. The molecule has 21 heavy (non-hydrogen) atoms. The largest absolute Gasteiger partial charge is 0.394 e. The van der Waals surface area contributed by atoms with Crippen LogP contribution in [-0.2, 0) is 13.0 Å². The zero-order valence-corrected chi connectivity index (χ0v) is 12.9. The summed E-state index contributed by atoms with van der Waals surface area (Å²) in [5, 5.41) is 20.0. The van der Waals surface area contributed by atoms with Gasteiger partial charge in [0, 0.05) is 17.8 Å². The molecule has 4 heteroatoms. The summed E-state index contributed by atoms with van der Waals surface area (Å²) in [6.07, 6.45) is 0.918. The average Bonchev–Trinajstić information content (AvgIpc) is 2.73. The first-order valence-electron chi connectivity index (χ1n) is 7.41. The molecule has 0 spiro atoms. The molecule has 0 saturated heterocycles. The van der Waals surface area contributed by atoms with Crippen LogP contribution in [0.4, 0.5) is 0 Å². The number of rotatable bonds is 6. The minimum absolute atomic E-state index is 0.00237. The molecule has 1 heterocycles. The van der Waals surface area contributed by atoms with Gasteiger partial charge in [-0.25, -0.2) is 0 Å². The Morgan fingerprint density at radius 2 is 2.10 bits per heavy atom. The van der Waals surface area contributed by atoms with Crippen LogP contribution in [-0.4, -0.2) is 33.3 Å². The highest BCUT2D eigenvalue weighted by atomic mass is 16.3. The molecule has 2 aromatic rings. The van der Waals surface area contributed by atoms with E-state index in [-0.39, 0.29) is 18.9 Å². The van der Waals surface area contributed by atoms with Crippen molar-refractivity contribution < 1.29 is 15.0 Å². The lowest BCUT2D eigenvalue weighted by molar-refractivity contribution is 0.0804. The first-order valence-corrected chi connectivity index (χ1v) is 7.41. The molecule has 0 saturated carbocycles. The Labute approximate surface area is 125 Å². The normalized spacial score (nSPS) is 12.8. The van der Waals surface area contributed by atoms with E-state index in [4.69, 9.17) is 5.11 Å². The van der Waals surface area contributed by atoms with Crippen LogP contribution in [0.1, 0.15) is 41.9 Å². The van der Waals surface area contributed by atoms with Gasteiger partial charge < -0.3 is 14.8 Å². The molecule has 0 radical (unpaired) electrons. The van der Waals surface area contributed by atoms with Crippen LogP contribution in [0.3, 0.4) is 0 Å². The van der Waals surface area contributed by atoms with Crippen molar-refractivity contribution in [2.45, 2.75) is 46.3 Å². The number of aliphatic hydroxyl groups excluding tert-OH is 2. The van der Waals surface area contributed by atoms with E-state index < -0.39 is 6.10 Å². The number of aliphatic hydroxyl groups is 2. The van der Waals surface area contributed by atoms with Crippen LogP contribution < -0.4 is 0 Å². The monoisotopic (exact) mass is 289 g/mol. The second-order valence-electron chi connectivity index (χ2n) is 5.60. The topological polar surface area (TPSA) is 62.5 Å². The van der Waals surface area contributed by atoms with Gasteiger partial charge in [-0.05, 0) is 31.0 Å². The Morgan fingerprint density at radius 3 is 2.67 bits per heavy atom. The fourth-order valence-electron chi connectivity index (χ4n) is 2.90. The van der Waals surface area contributed by atoms with Crippen molar-refractivity contribution in [3.63, 3.8) is 0 Å². The number of carbonyl (C=O) groups is 1. The number of carbonyl (C=O) groups excluding carboxylic acids is 1. The molecule has 1 aromatic heterocycles. The van der Waals surface area contributed by atoms with Gasteiger partial charge in [-0.2, -0.15) is 0 Å². The first kappa shape index (κ1) is 15.7. The number of hydrogen-bond donors (Lipinski definition) is 2. The second-order valence-corrected chi connectivity index (χ2v) is 5.60. The molecule has 0 amide bonds. The molecule has 2 N–H and O–H groups in total. The lowest BCUT2D eigenvalue weighted by Crippen LogP contribution is -2.22. The van der Waals surface area contributed by atoms with Crippen molar-refractivity contribution in [2.75, 3.05) is 6.61 Å². The van der Waals surface area contributed by atoms with Gasteiger partial charge in [0.25, 0.3) is 0 Å². The average molecular weight is 289 g/mol. The van der Waals surface area contributed by atoms with E-state index in [0.717, 1.165) is 34.9 Å². The van der Waals surface area contributed by atoms with Gasteiger partial charge in [-0.15, -0.1) is 0 Å². The molecule has 1 atom stereocenters. The maximum absolute atomic E-state index is 12.1. The van der Waals surface area contributed by atoms with E-state index in [1.807, 2.05) is 23.6 Å². The van der Waals surface area contributed by atoms with Gasteiger partial charge in [0.15, 0.2) is 5.78 Å². The van der Waals surface area contributed by atoms with E-state index in [1.54, 1.807) is 6.92 Å². The van der Waals surface area contributed by atoms with Gasteiger partial charge in [0.1, 0.15) is 0 Å². The molecule has 0 aliphatic rings. The Hall–Kier alpha value is -1.65. The maximum atomic E-state index is 12.1. The third-order valence-electron chi connectivity index (χ3n) is 3.76. The summed E-state index contributed by atoms with van der Waals surface area (Å²) >= 11 is 0. The van der Waals surface area contributed by atoms with E-state index in [1.165, 1.54) is 0 Å². The van der Waals surface area contributed by atoms with E-state index in [0.29, 0.717) is 5.69 Å². The zero-order valence-electron chi connectivity index (χ0n) is 12.9. The van der Waals surface area contributed by atoms with Gasteiger partial charge in [0.2, 0.25) is 0 Å². The lowest BCUT2D eigenvalue weighted by Gasteiger charge is -2.13. The number of fused-ring (bicyclic) bond motifs is 1. The van der Waals surface area contributed by atoms with Crippen molar-refractivity contribution in [2.24, 2.45) is 0 Å². The van der Waals surface area contributed by atoms with Crippen molar-refractivity contribution in [1.29, 1.82) is 0 Å². The number of aromatic nitrogens is 1. The molecule has 2 rings (SSSR count). The van der Waals surface area contributed by atoms with E-state index in [2.05, 4.69) is 13.0 Å². The molecule has 0 fully saturated rings. The van der Waals surface area contributed by atoms with Crippen LogP contribution in [0.25, 0.3) is 10.9 Å². The SMILES string of the molecule is CCCc1c(C(C)=O)n(CC(O)CO)c2ccc(C)cc12. The van der Waals surface area contributed by atoms with Crippen LogP contribution >= 0.6 is 0 Å². The van der Waals surface area contributed by atoms with Crippen molar-refractivity contribution >= 4 is 16.7 Å². The summed E-state index contributed by atoms with van der Waals surface area (Å²) in [5.74, 6) is -0.00237. The molecule has 114 valence electrons. The number of benzene rings is 1. The fraction of sp³-hybridized carbons (Fsp3) is 0.471. The molecule has 1 aromatic carbocycles. The highest BCUT2D eigenvalue weighted by Crippen LogP contribution is 2.29. The van der Waals surface area contributed by atoms with Crippen molar-refractivity contribution in [3.05, 3.63) is 35.0 Å². The number of Topliss-reactive ketones (excluding diaryl/α,β-unsaturated/α-hetero) is 1. The van der Waals surface area contributed by atoms with Crippen LogP contribution in [0, 0.1) is 6.92 Å². The van der Waals surface area contributed by atoms with Gasteiger partial charge in [-0.3, -0.25) is 4.79 Å². The maximum Gasteiger partial charge on any atom is 0.176 e. The third-order valence-corrected chi connectivity index (χ3v) is 3.76. The Morgan fingerprint density at radius 1 is 1.38 bits per heavy atom. The summed E-state index contributed by atoms with van der Waals surface area (Å²) < 4.78 is 1.85. The first-order chi connectivity index (χ1) is 9.99. The number of aryl methyl sites for hydroxylation is 2. The van der Waals surface area contributed by atoms with Crippen molar-refractivity contribution in [1.82, 2.24) is 4.57 Å². The van der Waals surface area contributed by atoms with E-state index in [9.17, 15) is 9.90 Å². The number of nitrogens with zero attached hydrogens (tertiary/aromatic N) is 1. The Balaban J connectivity index is 2.73. The molecule has 1 unspecified atom stereocenters. The summed E-state index contributed by atoms with van der Waals surface area (Å²) in [7, 11) is 0. The summed E-state index contributed by atoms with van der Waals surface area (Å²) in [6, 6.07) is 6.08.